The number of aromatic nitrogens is 2. The minimum Gasteiger partial charge on any atom is -0.497 e. The summed E-state index contributed by atoms with van der Waals surface area (Å²) >= 11 is 0. The van der Waals surface area contributed by atoms with Crippen LogP contribution in [-0.2, 0) is 13.1 Å². The number of para-hydroxylation sites is 2. The molecule has 0 aliphatic carbocycles. The van der Waals surface area contributed by atoms with Crippen LogP contribution in [0.1, 0.15) is 21.7 Å². The smallest absolute Gasteiger partial charge is 0.258 e. The summed E-state index contributed by atoms with van der Waals surface area (Å²) in [7, 11) is 3.15. The Morgan fingerprint density at radius 3 is 2.53 bits per heavy atom. The van der Waals surface area contributed by atoms with Crippen molar-refractivity contribution >= 4 is 16.8 Å². The molecule has 7 nitrogen and oxygen atoms in total. The first-order valence-corrected chi connectivity index (χ1v) is 10.1. The molecular formula is C25H23N3O4. The zero-order valence-corrected chi connectivity index (χ0v) is 17.9. The number of amides is 1. The van der Waals surface area contributed by atoms with Crippen LogP contribution in [0.15, 0.2) is 77.6 Å². The lowest BCUT2D eigenvalue weighted by Gasteiger charge is -2.24. The van der Waals surface area contributed by atoms with E-state index in [1.54, 1.807) is 61.6 Å². The van der Waals surface area contributed by atoms with Crippen LogP contribution in [0.25, 0.3) is 10.9 Å². The molecule has 3 aromatic carbocycles. The molecule has 0 bridgehead atoms. The van der Waals surface area contributed by atoms with Gasteiger partial charge in [-0.2, -0.15) is 0 Å². The first-order chi connectivity index (χ1) is 15.6. The van der Waals surface area contributed by atoms with E-state index in [1.807, 2.05) is 30.3 Å². The molecule has 1 aromatic heterocycles. The van der Waals surface area contributed by atoms with Crippen LogP contribution >= 0.6 is 0 Å². The first-order valence-electron chi connectivity index (χ1n) is 10.1. The Morgan fingerprint density at radius 2 is 1.72 bits per heavy atom. The number of hydrogen-bond donors (Lipinski definition) is 1. The third-order valence-corrected chi connectivity index (χ3v) is 5.16. The monoisotopic (exact) mass is 429 g/mol. The fraction of sp³-hybridized carbons (Fsp3) is 0.160. The molecule has 32 heavy (non-hydrogen) atoms. The number of fused-ring (bicyclic) bond motifs is 1. The molecule has 1 amide bonds. The second-order valence-electron chi connectivity index (χ2n) is 7.23. The summed E-state index contributed by atoms with van der Waals surface area (Å²) in [5.74, 6) is 1.45. The van der Waals surface area contributed by atoms with Crippen LogP contribution in [0, 0.1) is 0 Å². The SMILES string of the molecule is COc1cccc(C(=O)N(Cc2nc3ccccc3c(=O)[nH]2)Cc2ccccc2OC)c1. The van der Waals surface area contributed by atoms with Gasteiger partial charge in [0.1, 0.15) is 17.3 Å². The number of ether oxygens (including phenoxy) is 2. The molecule has 1 heterocycles. The summed E-state index contributed by atoms with van der Waals surface area (Å²) in [6.07, 6.45) is 0. The van der Waals surface area contributed by atoms with Crippen molar-refractivity contribution < 1.29 is 14.3 Å². The van der Waals surface area contributed by atoms with Crippen molar-refractivity contribution in [1.82, 2.24) is 14.9 Å². The number of hydrogen-bond acceptors (Lipinski definition) is 5. The maximum atomic E-state index is 13.5. The molecule has 0 radical (unpaired) electrons. The van der Waals surface area contributed by atoms with Gasteiger partial charge in [-0.05, 0) is 36.4 Å². The zero-order chi connectivity index (χ0) is 22.5. The molecule has 4 rings (SSSR count). The Labute approximate surface area is 185 Å². The molecule has 0 saturated carbocycles. The highest BCUT2D eigenvalue weighted by Crippen LogP contribution is 2.22. The summed E-state index contributed by atoms with van der Waals surface area (Å²) in [6.45, 7) is 0.394. The van der Waals surface area contributed by atoms with Crippen molar-refractivity contribution in [2.45, 2.75) is 13.1 Å². The van der Waals surface area contributed by atoms with Crippen molar-refractivity contribution in [2.24, 2.45) is 0 Å². The lowest BCUT2D eigenvalue weighted by molar-refractivity contribution is 0.0724. The van der Waals surface area contributed by atoms with Crippen molar-refractivity contribution in [3.8, 4) is 11.5 Å². The number of carbonyl (C=O) groups is 1. The van der Waals surface area contributed by atoms with Crippen LogP contribution in [0.2, 0.25) is 0 Å². The van der Waals surface area contributed by atoms with E-state index in [1.165, 1.54) is 0 Å². The van der Waals surface area contributed by atoms with Gasteiger partial charge >= 0.3 is 0 Å². The molecular weight excluding hydrogens is 406 g/mol. The highest BCUT2D eigenvalue weighted by atomic mass is 16.5. The van der Waals surface area contributed by atoms with Gasteiger partial charge in [-0.25, -0.2) is 4.98 Å². The molecule has 0 aliphatic heterocycles. The van der Waals surface area contributed by atoms with Crippen LogP contribution in [-0.4, -0.2) is 35.0 Å². The van der Waals surface area contributed by atoms with Gasteiger partial charge in [-0.3, -0.25) is 9.59 Å². The number of carbonyl (C=O) groups excluding carboxylic acids is 1. The van der Waals surface area contributed by atoms with E-state index in [0.29, 0.717) is 33.8 Å². The Kier molecular flexibility index (Phi) is 6.17. The Bertz CT molecular complexity index is 1320. The highest BCUT2D eigenvalue weighted by Gasteiger charge is 2.20. The summed E-state index contributed by atoms with van der Waals surface area (Å²) in [5.41, 5.74) is 1.66. The zero-order valence-electron chi connectivity index (χ0n) is 17.9. The minimum atomic E-state index is -0.239. The second-order valence-corrected chi connectivity index (χ2v) is 7.23. The van der Waals surface area contributed by atoms with Gasteiger partial charge in [-0.15, -0.1) is 0 Å². The van der Waals surface area contributed by atoms with Crippen LogP contribution < -0.4 is 15.0 Å². The molecule has 162 valence electrons. The van der Waals surface area contributed by atoms with Gasteiger partial charge in [0.2, 0.25) is 0 Å². The molecule has 7 heteroatoms. The van der Waals surface area contributed by atoms with Gasteiger partial charge in [0, 0.05) is 11.1 Å². The van der Waals surface area contributed by atoms with Crippen molar-refractivity contribution in [2.75, 3.05) is 14.2 Å². The van der Waals surface area contributed by atoms with Gasteiger partial charge in [0.15, 0.2) is 0 Å². The Balaban J connectivity index is 1.73. The Hall–Kier alpha value is -4.13. The molecule has 0 atom stereocenters. The van der Waals surface area contributed by atoms with E-state index >= 15 is 0 Å². The predicted molar refractivity (Wildman–Crippen MR) is 122 cm³/mol. The third kappa shape index (κ3) is 4.46. The van der Waals surface area contributed by atoms with E-state index in [-0.39, 0.29) is 24.6 Å². The van der Waals surface area contributed by atoms with Crippen molar-refractivity contribution in [3.05, 3.63) is 100 Å². The first kappa shape index (κ1) is 21.1. The number of H-pyrrole nitrogens is 1. The van der Waals surface area contributed by atoms with E-state index < -0.39 is 0 Å². The quantitative estimate of drug-likeness (QED) is 0.483. The number of methoxy groups -OCH3 is 2. The number of rotatable bonds is 7. The number of aromatic amines is 1. The van der Waals surface area contributed by atoms with Crippen molar-refractivity contribution in [3.63, 3.8) is 0 Å². The number of nitrogens with zero attached hydrogens (tertiary/aromatic N) is 2. The topological polar surface area (TPSA) is 84.5 Å². The Morgan fingerprint density at radius 1 is 0.938 bits per heavy atom. The highest BCUT2D eigenvalue weighted by molar-refractivity contribution is 5.94. The summed E-state index contributed by atoms with van der Waals surface area (Å²) in [5, 5.41) is 0.506. The van der Waals surface area contributed by atoms with E-state index in [0.717, 1.165) is 5.56 Å². The minimum absolute atomic E-state index is 0.119. The predicted octanol–water partition coefficient (Wildman–Crippen LogP) is 3.78. The largest absolute Gasteiger partial charge is 0.497 e. The molecule has 0 saturated heterocycles. The lowest BCUT2D eigenvalue weighted by atomic mass is 10.1. The van der Waals surface area contributed by atoms with E-state index in [4.69, 9.17) is 9.47 Å². The fourth-order valence-electron chi connectivity index (χ4n) is 3.57. The maximum Gasteiger partial charge on any atom is 0.258 e. The average molecular weight is 429 g/mol. The second kappa shape index (κ2) is 9.34. The summed E-state index contributed by atoms with van der Waals surface area (Å²) in [4.78, 5) is 35.0. The number of benzene rings is 3. The normalized spacial score (nSPS) is 10.7. The number of nitrogens with one attached hydrogen (secondary N) is 1. The van der Waals surface area contributed by atoms with Gasteiger partial charge in [0.05, 0.1) is 38.2 Å². The van der Waals surface area contributed by atoms with E-state index in [9.17, 15) is 9.59 Å². The molecule has 0 unspecified atom stereocenters. The third-order valence-electron chi connectivity index (χ3n) is 5.16. The van der Waals surface area contributed by atoms with Crippen LogP contribution in [0.5, 0.6) is 11.5 Å². The summed E-state index contributed by atoms with van der Waals surface area (Å²) < 4.78 is 10.7. The fourth-order valence-corrected chi connectivity index (χ4v) is 3.57. The maximum absolute atomic E-state index is 13.5. The molecule has 0 aliphatic rings. The average Bonchev–Trinajstić information content (AvgIpc) is 2.83. The van der Waals surface area contributed by atoms with Gasteiger partial charge < -0.3 is 19.4 Å². The molecule has 1 N–H and O–H groups in total. The van der Waals surface area contributed by atoms with Crippen LogP contribution in [0.4, 0.5) is 0 Å². The van der Waals surface area contributed by atoms with Crippen LogP contribution in [0.3, 0.4) is 0 Å². The molecule has 4 aromatic rings. The van der Waals surface area contributed by atoms with Gasteiger partial charge in [-0.1, -0.05) is 36.4 Å². The molecule has 0 fully saturated rings. The van der Waals surface area contributed by atoms with Gasteiger partial charge in [0.25, 0.3) is 11.5 Å². The van der Waals surface area contributed by atoms with E-state index in [2.05, 4.69) is 9.97 Å². The molecule has 0 spiro atoms. The standard InChI is InChI=1S/C25H23N3O4/c1-31-19-10-7-9-17(14-19)25(30)28(15-18-8-3-6-13-22(18)32-2)16-23-26-21-12-5-4-11-20(21)24(29)27-23/h3-14H,15-16H2,1-2H3,(H,26,27,29). The van der Waals surface area contributed by atoms with Crippen molar-refractivity contribution in [1.29, 1.82) is 0 Å². The lowest BCUT2D eigenvalue weighted by Crippen LogP contribution is -2.32. The summed E-state index contributed by atoms with van der Waals surface area (Å²) in [6, 6.07) is 21.6.